The molecule has 0 bridgehead atoms. The Kier molecular flexibility index (Phi) is 5.89. The number of nitrogens with one attached hydrogen (secondary N) is 3. The second-order valence-corrected chi connectivity index (χ2v) is 6.42. The van der Waals surface area contributed by atoms with Crippen molar-refractivity contribution in [1.29, 1.82) is 0 Å². The SMILES string of the molecule is CC(=O)Nc1ccc(NC(=O)C(C)(C)C(=O)Nc2ccc(F)c(F)c2)cc1. The van der Waals surface area contributed by atoms with Crippen molar-refractivity contribution >= 4 is 34.8 Å². The fourth-order valence-corrected chi connectivity index (χ4v) is 2.09. The summed E-state index contributed by atoms with van der Waals surface area (Å²) in [6, 6.07) is 9.28. The Balaban J connectivity index is 2.05. The largest absolute Gasteiger partial charge is 0.326 e. The van der Waals surface area contributed by atoms with Crippen molar-refractivity contribution in [1.82, 2.24) is 0 Å². The molecule has 0 aliphatic heterocycles. The average Bonchev–Trinajstić information content (AvgIpc) is 2.59. The third-order valence-corrected chi connectivity index (χ3v) is 3.78. The molecular formula is C19H19F2N3O3. The zero-order valence-electron chi connectivity index (χ0n) is 15.0. The van der Waals surface area contributed by atoms with Gasteiger partial charge in [-0.15, -0.1) is 0 Å². The second-order valence-electron chi connectivity index (χ2n) is 6.42. The van der Waals surface area contributed by atoms with Crippen molar-refractivity contribution in [3.05, 3.63) is 54.1 Å². The number of hydrogen-bond donors (Lipinski definition) is 3. The molecule has 0 fully saturated rings. The molecule has 0 heterocycles. The van der Waals surface area contributed by atoms with E-state index in [0.717, 1.165) is 12.1 Å². The summed E-state index contributed by atoms with van der Waals surface area (Å²) < 4.78 is 26.2. The van der Waals surface area contributed by atoms with E-state index in [0.29, 0.717) is 11.4 Å². The van der Waals surface area contributed by atoms with Crippen molar-refractivity contribution in [2.45, 2.75) is 20.8 Å². The maximum absolute atomic E-state index is 13.3. The highest BCUT2D eigenvalue weighted by atomic mass is 19.2. The maximum Gasteiger partial charge on any atom is 0.239 e. The van der Waals surface area contributed by atoms with E-state index in [1.807, 2.05) is 0 Å². The normalized spacial score (nSPS) is 10.9. The first-order valence-corrected chi connectivity index (χ1v) is 8.05. The molecule has 0 radical (unpaired) electrons. The van der Waals surface area contributed by atoms with E-state index >= 15 is 0 Å². The van der Waals surface area contributed by atoms with Gasteiger partial charge in [-0.3, -0.25) is 14.4 Å². The molecule has 6 nitrogen and oxygen atoms in total. The van der Waals surface area contributed by atoms with Gasteiger partial charge < -0.3 is 16.0 Å². The Hall–Kier alpha value is -3.29. The first-order valence-electron chi connectivity index (χ1n) is 8.05. The molecule has 0 spiro atoms. The monoisotopic (exact) mass is 375 g/mol. The Bertz CT molecular complexity index is 880. The summed E-state index contributed by atoms with van der Waals surface area (Å²) >= 11 is 0. The molecule has 0 aliphatic rings. The number of carbonyl (C=O) groups excluding carboxylic acids is 3. The van der Waals surface area contributed by atoms with Gasteiger partial charge in [0.15, 0.2) is 11.6 Å². The van der Waals surface area contributed by atoms with Crippen molar-refractivity contribution in [2.75, 3.05) is 16.0 Å². The fraction of sp³-hybridized carbons (Fsp3) is 0.211. The highest BCUT2D eigenvalue weighted by Crippen LogP contribution is 2.23. The second kappa shape index (κ2) is 7.94. The molecule has 142 valence electrons. The molecular weight excluding hydrogens is 356 g/mol. The number of hydrogen-bond acceptors (Lipinski definition) is 3. The molecule has 0 aromatic heterocycles. The molecule has 0 atom stereocenters. The molecule has 0 aliphatic carbocycles. The third-order valence-electron chi connectivity index (χ3n) is 3.78. The van der Waals surface area contributed by atoms with Crippen molar-refractivity contribution in [3.8, 4) is 0 Å². The number of benzene rings is 2. The van der Waals surface area contributed by atoms with Crippen LogP contribution < -0.4 is 16.0 Å². The van der Waals surface area contributed by atoms with Gasteiger partial charge in [-0.2, -0.15) is 0 Å². The van der Waals surface area contributed by atoms with Crippen LogP contribution in [0.2, 0.25) is 0 Å². The molecule has 3 N–H and O–H groups in total. The van der Waals surface area contributed by atoms with E-state index in [-0.39, 0.29) is 11.6 Å². The zero-order chi connectivity index (χ0) is 20.2. The Morgan fingerprint density at radius 1 is 0.741 bits per heavy atom. The van der Waals surface area contributed by atoms with E-state index in [2.05, 4.69) is 16.0 Å². The Morgan fingerprint density at radius 2 is 1.19 bits per heavy atom. The van der Waals surface area contributed by atoms with Crippen molar-refractivity contribution in [2.24, 2.45) is 5.41 Å². The average molecular weight is 375 g/mol. The van der Waals surface area contributed by atoms with E-state index in [4.69, 9.17) is 0 Å². The highest BCUT2D eigenvalue weighted by Gasteiger charge is 2.36. The summed E-state index contributed by atoms with van der Waals surface area (Å²) in [5.74, 6) is -3.63. The smallest absolute Gasteiger partial charge is 0.239 e. The Labute approximate surface area is 155 Å². The van der Waals surface area contributed by atoms with Crippen LogP contribution in [0.4, 0.5) is 25.8 Å². The van der Waals surface area contributed by atoms with Crippen molar-refractivity contribution < 1.29 is 23.2 Å². The predicted octanol–water partition coefficient (Wildman–Crippen LogP) is 3.53. The van der Waals surface area contributed by atoms with Crippen molar-refractivity contribution in [3.63, 3.8) is 0 Å². The van der Waals surface area contributed by atoms with Gasteiger partial charge in [-0.1, -0.05) is 0 Å². The van der Waals surface area contributed by atoms with Crippen LogP contribution in [-0.4, -0.2) is 17.7 Å². The van der Waals surface area contributed by atoms with E-state index < -0.39 is 28.9 Å². The molecule has 0 saturated heterocycles. The molecule has 0 saturated carbocycles. The fourth-order valence-electron chi connectivity index (χ4n) is 2.09. The van der Waals surface area contributed by atoms with Gasteiger partial charge in [0.25, 0.3) is 0 Å². The lowest BCUT2D eigenvalue weighted by molar-refractivity contribution is -0.135. The lowest BCUT2D eigenvalue weighted by atomic mass is 9.90. The summed E-state index contributed by atoms with van der Waals surface area (Å²) in [7, 11) is 0. The summed E-state index contributed by atoms with van der Waals surface area (Å²) in [6.45, 7) is 4.19. The molecule has 2 aromatic rings. The van der Waals surface area contributed by atoms with Gasteiger partial charge in [0, 0.05) is 30.1 Å². The van der Waals surface area contributed by atoms with Crippen LogP contribution in [0.15, 0.2) is 42.5 Å². The van der Waals surface area contributed by atoms with E-state index in [1.54, 1.807) is 24.3 Å². The zero-order valence-corrected chi connectivity index (χ0v) is 15.0. The van der Waals surface area contributed by atoms with Crippen LogP contribution in [0.5, 0.6) is 0 Å². The molecule has 0 unspecified atom stereocenters. The quantitative estimate of drug-likeness (QED) is 0.699. The van der Waals surface area contributed by atoms with Crippen LogP contribution in [0.25, 0.3) is 0 Å². The van der Waals surface area contributed by atoms with Gasteiger partial charge >= 0.3 is 0 Å². The van der Waals surface area contributed by atoms with Crippen LogP contribution in [-0.2, 0) is 14.4 Å². The third kappa shape index (κ3) is 5.10. The molecule has 27 heavy (non-hydrogen) atoms. The standard InChI is InChI=1S/C19H19F2N3O3/c1-11(25)22-12-4-6-13(7-5-12)23-17(26)19(2,3)18(27)24-14-8-9-15(20)16(21)10-14/h4-10H,1-3H3,(H,22,25)(H,23,26)(H,24,27). The van der Waals surface area contributed by atoms with Gasteiger partial charge in [-0.05, 0) is 50.2 Å². The van der Waals surface area contributed by atoms with Gasteiger partial charge in [-0.25, -0.2) is 8.78 Å². The summed E-state index contributed by atoms with van der Waals surface area (Å²) in [5, 5.41) is 7.59. The molecule has 2 aromatic carbocycles. The number of carbonyl (C=O) groups is 3. The van der Waals surface area contributed by atoms with Crippen LogP contribution in [0.1, 0.15) is 20.8 Å². The predicted molar refractivity (Wildman–Crippen MR) is 98.1 cm³/mol. The van der Waals surface area contributed by atoms with Gasteiger partial charge in [0.2, 0.25) is 17.7 Å². The molecule has 8 heteroatoms. The first kappa shape index (κ1) is 20.0. The topological polar surface area (TPSA) is 87.3 Å². The molecule has 3 amide bonds. The van der Waals surface area contributed by atoms with Crippen LogP contribution in [0.3, 0.4) is 0 Å². The number of rotatable bonds is 5. The summed E-state index contributed by atoms with van der Waals surface area (Å²) in [6.07, 6.45) is 0. The van der Waals surface area contributed by atoms with E-state index in [9.17, 15) is 23.2 Å². The minimum absolute atomic E-state index is 0.0411. The Morgan fingerprint density at radius 3 is 1.67 bits per heavy atom. The van der Waals surface area contributed by atoms with Gasteiger partial charge in [0.05, 0.1) is 0 Å². The van der Waals surface area contributed by atoms with Gasteiger partial charge in [0.1, 0.15) is 5.41 Å². The lowest BCUT2D eigenvalue weighted by Crippen LogP contribution is -2.41. The minimum atomic E-state index is -1.48. The van der Waals surface area contributed by atoms with Crippen LogP contribution >= 0.6 is 0 Å². The number of anilines is 3. The molecule has 2 rings (SSSR count). The number of amides is 3. The maximum atomic E-state index is 13.3. The summed E-state index contributed by atoms with van der Waals surface area (Å²) in [5.41, 5.74) is -0.445. The summed E-state index contributed by atoms with van der Waals surface area (Å²) in [4.78, 5) is 35.9. The van der Waals surface area contributed by atoms with E-state index in [1.165, 1.54) is 26.8 Å². The highest BCUT2D eigenvalue weighted by molar-refractivity contribution is 6.14. The van der Waals surface area contributed by atoms with Crippen LogP contribution in [0, 0.1) is 17.0 Å². The number of halogens is 2. The minimum Gasteiger partial charge on any atom is -0.326 e. The lowest BCUT2D eigenvalue weighted by Gasteiger charge is -2.23. The first-order chi connectivity index (χ1) is 12.6.